The number of carbonyl (C=O) groups is 1. The van der Waals surface area contributed by atoms with Gasteiger partial charge in [-0.15, -0.1) is 0 Å². The molecule has 0 aliphatic carbocycles. The number of anilines is 1. The molecule has 0 spiro atoms. The minimum absolute atomic E-state index is 0.0122. The first-order chi connectivity index (χ1) is 11.2. The van der Waals surface area contributed by atoms with Gasteiger partial charge < -0.3 is 14.7 Å². The van der Waals surface area contributed by atoms with Gasteiger partial charge in [-0.1, -0.05) is 28.6 Å². The molecule has 0 unspecified atom stereocenters. The number of hydrogen-bond acceptors (Lipinski definition) is 7. The van der Waals surface area contributed by atoms with Crippen molar-refractivity contribution in [3.8, 4) is 0 Å². The van der Waals surface area contributed by atoms with E-state index in [1.807, 2.05) is 18.2 Å². The highest BCUT2D eigenvalue weighted by atomic mass is 32.1. The van der Waals surface area contributed by atoms with Crippen LogP contribution in [0.2, 0.25) is 0 Å². The maximum absolute atomic E-state index is 12.1. The summed E-state index contributed by atoms with van der Waals surface area (Å²) < 4.78 is 6.14. The lowest BCUT2D eigenvalue weighted by Crippen LogP contribution is -2.53. The molecule has 1 aromatic carbocycles. The minimum Gasteiger partial charge on any atom is -0.347 e. The van der Waals surface area contributed by atoms with Crippen molar-refractivity contribution in [2.75, 3.05) is 18.0 Å². The van der Waals surface area contributed by atoms with Crippen LogP contribution >= 0.6 is 11.3 Å². The van der Waals surface area contributed by atoms with Gasteiger partial charge >= 0.3 is 0 Å². The van der Waals surface area contributed by atoms with Gasteiger partial charge in [-0.05, 0) is 19.1 Å². The number of aromatic nitrogens is 3. The summed E-state index contributed by atoms with van der Waals surface area (Å²) in [6, 6.07) is 8.06. The molecule has 1 aliphatic heterocycles. The van der Waals surface area contributed by atoms with Gasteiger partial charge in [-0.2, -0.15) is 4.98 Å². The monoisotopic (exact) mass is 329 g/mol. The van der Waals surface area contributed by atoms with Crippen LogP contribution < -0.4 is 10.2 Å². The lowest BCUT2D eigenvalue weighted by atomic mass is 10.0. The molecule has 0 saturated carbocycles. The normalized spacial score (nSPS) is 14.9. The lowest BCUT2D eigenvalue weighted by Gasteiger charge is -2.37. The highest BCUT2D eigenvalue weighted by Crippen LogP contribution is 2.32. The summed E-state index contributed by atoms with van der Waals surface area (Å²) in [7, 11) is 0. The maximum Gasteiger partial charge on any atom is 0.246 e. The molecule has 4 rings (SSSR count). The largest absolute Gasteiger partial charge is 0.347 e. The van der Waals surface area contributed by atoms with Crippen LogP contribution in [0, 0.1) is 12.8 Å². The van der Waals surface area contributed by atoms with E-state index in [1.165, 1.54) is 4.70 Å². The Hall–Kier alpha value is -2.48. The fourth-order valence-corrected chi connectivity index (χ4v) is 3.50. The van der Waals surface area contributed by atoms with Crippen LogP contribution in [-0.4, -0.2) is 34.1 Å². The fourth-order valence-electron chi connectivity index (χ4n) is 2.51. The van der Waals surface area contributed by atoms with Gasteiger partial charge in [0.2, 0.25) is 11.8 Å². The third kappa shape index (κ3) is 2.77. The number of para-hydroxylation sites is 1. The van der Waals surface area contributed by atoms with E-state index in [4.69, 9.17) is 4.52 Å². The van der Waals surface area contributed by atoms with Crippen molar-refractivity contribution in [1.29, 1.82) is 0 Å². The molecule has 8 heteroatoms. The van der Waals surface area contributed by atoms with Crippen LogP contribution in [0.25, 0.3) is 10.2 Å². The van der Waals surface area contributed by atoms with Crippen LogP contribution in [0.4, 0.5) is 5.13 Å². The summed E-state index contributed by atoms with van der Waals surface area (Å²) in [6.07, 6.45) is 0. The number of hydrogen-bond donors (Lipinski definition) is 1. The summed E-state index contributed by atoms with van der Waals surface area (Å²) in [5, 5.41) is 7.50. The number of nitrogens with one attached hydrogen (secondary N) is 1. The molecule has 2 aromatic heterocycles. The van der Waals surface area contributed by atoms with Crippen molar-refractivity contribution >= 4 is 32.6 Å². The van der Waals surface area contributed by atoms with Gasteiger partial charge in [0.05, 0.1) is 22.7 Å². The lowest BCUT2D eigenvalue weighted by molar-refractivity contribution is -0.126. The van der Waals surface area contributed by atoms with Gasteiger partial charge in [-0.25, -0.2) is 4.98 Å². The van der Waals surface area contributed by atoms with Crippen molar-refractivity contribution in [2.45, 2.75) is 13.5 Å². The number of benzene rings is 1. The predicted octanol–water partition coefficient (Wildman–Crippen LogP) is 1.74. The Bertz CT molecular complexity index is 819. The second kappa shape index (κ2) is 5.62. The summed E-state index contributed by atoms with van der Waals surface area (Å²) in [4.78, 5) is 22.9. The summed E-state index contributed by atoms with van der Waals surface area (Å²) in [6.45, 7) is 3.40. The highest BCUT2D eigenvalue weighted by molar-refractivity contribution is 7.22. The third-order valence-corrected chi connectivity index (χ3v) is 4.89. The number of fused-ring (bicyclic) bond motifs is 1. The molecule has 1 aliphatic rings. The Morgan fingerprint density at radius 2 is 2.22 bits per heavy atom. The molecule has 1 amide bonds. The first-order valence-electron chi connectivity index (χ1n) is 7.36. The smallest absolute Gasteiger partial charge is 0.246 e. The molecule has 118 valence electrons. The zero-order chi connectivity index (χ0) is 15.8. The van der Waals surface area contributed by atoms with E-state index < -0.39 is 0 Å². The van der Waals surface area contributed by atoms with Crippen LogP contribution in [0.1, 0.15) is 11.7 Å². The number of carbonyl (C=O) groups excluding carboxylic acids is 1. The van der Waals surface area contributed by atoms with E-state index in [1.54, 1.807) is 18.3 Å². The molecule has 3 aromatic rings. The molecule has 0 radical (unpaired) electrons. The second-order valence-electron chi connectivity index (χ2n) is 5.52. The van der Waals surface area contributed by atoms with Crippen molar-refractivity contribution < 1.29 is 9.32 Å². The molecule has 1 saturated heterocycles. The molecule has 0 bridgehead atoms. The average Bonchev–Trinajstić information content (AvgIpc) is 3.09. The highest BCUT2D eigenvalue weighted by Gasteiger charge is 2.34. The molecular formula is C15H15N5O2S. The average molecular weight is 329 g/mol. The zero-order valence-electron chi connectivity index (χ0n) is 12.5. The molecule has 23 heavy (non-hydrogen) atoms. The first kappa shape index (κ1) is 14.1. The first-order valence-corrected chi connectivity index (χ1v) is 8.18. The number of rotatable bonds is 4. The van der Waals surface area contributed by atoms with E-state index in [0.717, 1.165) is 10.6 Å². The molecule has 1 N–H and O–H groups in total. The van der Waals surface area contributed by atoms with Crippen LogP contribution in [0.3, 0.4) is 0 Å². The van der Waals surface area contributed by atoms with Crippen molar-refractivity contribution in [2.24, 2.45) is 5.92 Å². The van der Waals surface area contributed by atoms with E-state index >= 15 is 0 Å². The second-order valence-corrected chi connectivity index (χ2v) is 6.53. The van der Waals surface area contributed by atoms with Gasteiger partial charge in [0, 0.05) is 13.1 Å². The van der Waals surface area contributed by atoms with Gasteiger partial charge in [0.15, 0.2) is 11.0 Å². The predicted molar refractivity (Wildman–Crippen MR) is 86.2 cm³/mol. The van der Waals surface area contributed by atoms with Crippen LogP contribution in [0.15, 0.2) is 28.8 Å². The van der Waals surface area contributed by atoms with Gasteiger partial charge in [0.1, 0.15) is 0 Å². The number of aryl methyl sites for hydroxylation is 1. The SMILES string of the molecule is Cc1noc(CNC(=O)C2CN(c3nc4ccccc4s3)C2)n1. The van der Waals surface area contributed by atoms with E-state index in [9.17, 15) is 4.79 Å². The van der Waals surface area contributed by atoms with Gasteiger partial charge in [-0.3, -0.25) is 4.79 Å². The Morgan fingerprint density at radius 1 is 1.39 bits per heavy atom. The topological polar surface area (TPSA) is 84.2 Å². The summed E-state index contributed by atoms with van der Waals surface area (Å²) >= 11 is 1.66. The van der Waals surface area contributed by atoms with Crippen LogP contribution in [0.5, 0.6) is 0 Å². The molecular weight excluding hydrogens is 314 g/mol. The maximum atomic E-state index is 12.1. The van der Waals surface area contributed by atoms with Crippen molar-refractivity contribution in [3.05, 3.63) is 36.0 Å². The minimum atomic E-state index is -0.0222. The quantitative estimate of drug-likeness (QED) is 0.785. The molecule has 0 atom stereocenters. The van der Waals surface area contributed by atoms with Crippen LogP contribution in [-0.2, 0) is 11.3 Å². The number of nitrogens with zero attached hydrogens (tertiary/aromatic N) is 4. The Kier molecular flexibility index (Phi) is 3.45. The molecule has 3 heterocycles. The molecule has 7 nitrogen and oxygen atoms in total. The summed E-state index contributed by atoms with van der Waals surface area (Å²) in [5.74, 6) is 0.988. The summed E-state index contributed by atoms with van der Waals surface area (Å²) in [5.41, 5.74) is 1.01. The standard InChI is InChI=1S/C15H15N5O2S/c1-9-17-13(22-19-9)6-16-14(21)10-7-20(8-10)15-18-11-4-2-3-5-12(11)23-15/h2-5,10H,6-8H2,1H3,(H,16,21). The Balaban J connectivity index is 1.32. The fraction of sp³-hybridized carbons (Fsp3) is 0.333. The zero-order valence-corrected chi connectivity index (χ0v) is 13.3. The van der Waals surface area contributed by atoms with Crippen molar-refractivity contribution in [1.82, 2.24) is 20.4 Å². The third-order valence-electron chi connectivity index (χ3n) is 3.79. The number of thiazole rings is 1. The van der Waals surface area contributed by atoms with E-state index in [2.05, 4.69) is 31.4 Å². The molecule has 1 fully saturated rings. The Labute approximate surface area is 136 Å². The van der Waals surface area contributed by atoms with Crippen molar-refractivity contribution in [3.63, 3.8) is 0 Å². The van der Waals surface area contributed by atoms with E-state index in [0.29, 0.717) is 24.8 Å². The van der Waals surface area contributed by atoms with E-state index in [-0.39, 0.29) is 18.4 Å². The number of amides is 1. The van der Waals surface area contributed by atoms with Gasteiger partial charge in [0.25, 0.3) is 0 Å². The Morgan fingerprint density at radius 3 is 2.96 bits per heavy atom.